The van der Waals surface area contributed by atoms with Crippen LogP contribution < -0.4 is 0 Å². The molecule has 0 saturated carbocycles. The standard InChI is InChI=1S/C23H40N/c1-3-4-5-6-7-10-13-22-14-16-23(17-15-22)18-21-24(2)19-11-8-9-12-20-24/h14-17H,3-13,18-21H2,1-2H3/q+1. The van der Waals surface area contributed by atoms with Gasteiger partial charge in [-0.15, -0.1) is 0 Å². The number of likely N-dealkylation sites (tertiary alicyclic amines) is 1. The molecule has 1 aliphatic heterocycles. The van der Waals surface area contributed by atoms with E-state index in [1.807, 2.05) is 0 Å². The second-order valence-corrected chi connectivity index (χ2v) is 8.29. The summed E-state index contributed by atoms with van der Waals surface area (Å²) in [7, 11) is 2.47. The Bertz CT molecular complexity index is 426. The molecule has 0 aromatic heterocycles. The van der Waals surface area contributed by atoms with Gasteiger partial charge in [0.25, 0.3) is 0 Å². The van der Waals surface area contributed by atoms with Crippen molar-refractivity contribution in [3.05, 3.63) is 35.4 Å². The molecule has 1 aromatic rings. The van der Waals surface area contributed by atoms with Crippen molar-refractivity contribution in [2.45, 2.75) is 84.0 Å². The number of nitrogens with zero attached hydrogens (tertiary/aromatic N) is 1. The number of unbranched alkanes of at least 4 members (excludes halogenated alkanes) is 5. The first-order valence-corrected chi connectivity index (χ1v) is 10.6. The van der Waals surface area contributed by atoms with E-state index in [1.54, 1.807) is 0 Å². The van der Waals surface area contributed by atoms with Crippen LogP contribution in [0, 0.1) is 0 Å². The molecule has 1 fully saturated rings. The Morgan fingerprint density at radius 1 is 0.708 bits per heavy atom. The van der Waals surface area contributed by atoms with Gasteiger partial charge in [-0.3, -0.25) is 0 Å². The zero-order chi connectivity index (χ0) is 17.1. The van der Waals surface area contributed by atoms with E-state index in [-0.39, 0.29) is 0 Å². The van der Waals surface area contributed by atoms with E-state index in [1.165, 1.54) is 112 Å². The van der Waals surface area contributed by atoms with Crippen molar-refractivity contribution < 1.29 is 4.48 Å². The molecular formula is C23H40N+. The van der Waals surface area contributed by atoms with Crippen LogP contribution in [0.5, 0.6) is 0 Å². The fourth-order valence-corrected chi connectivity index (χ4v) is 4.06. The van der Waals surface area contributed by atoms with Crippen LogP contribution in [0.25, 0.3) is 0 Å². The Hall–Kier alpha value is -0.820. The van der Waals surface area contributed by atoms with E-state index < -0.39 is 0 Å². The Morgan fingerprint density at radius 3 is 1.88 bits per heavy atom. The van der Waals surface area contributed by atoms with Crippen LogP contribution >= 0.6 is 0 Å². The molecule has 0 unspecified atom stereocenters. The maximum atomic E-state index is 2.47. The lowest BCUT2D eigenvalue weighted by atomic mass is 10.0. The summed E-state index contributed by atoms with van der Waals surface area (Å²) in [5.41, 5.74) is 3.06. The van der Waals surface area contributed by atoms with E-state index >= 15 is 0 Å². The highest BCUT2D eigenvalue weighted by Crippen LogP contribution is 2.18. The van der Waals surface area contributed by atoms with Gasteiger partial charge in [0.15, 0.2) is 0 Å². The fraction of sp³-hybridized carbons (Fsp3) is 0.739. The Balaban J connectivity index is 1.67. The van der Waals surface area contributed by atoms with Crippen molar-refractivity contribution in [3.63, 3.8) is 0 Å². The monoisotopic (exact) mass is 330 g/mol. The fourth-order valence-electron chi connectivity index (χ4n) is 4.06. The van der Waals surface area contributed by atoms with Gasteiger partial charge in [-0.1, -0.05) is 63.3 Å². The van der Waals surface area contributed by atoms with Crippen molar-refractivity contribution in [1.29, 1.82) is 0 Å². The van der Waals surface area contributed by atoms with Crippen LogP contribution in [-0.4, -0.2) is 31.2 Å². The van der Waals surface area contributed by atoms with Crippen molar-refractivity contribution in [3.8, 4) is 0 Å². The normalized spacial score (nSPS) is 17.6. The predicted molar refractivity (Wildman–Crippen MR) is 106 cm³/mol. The second-order valence-electron chi connectivity index (χ2n) is 8.29. The molecule has 0 bridgehead atoms. The summed E-state index contributed by atoms with van der Waals surface area (Å²) in [5, 5.41) is 0. The number of quaternary nitrogens is 1. The summed E-state index contributed by atoms with van der Waals surface area (Å²) in [6.07, 6.45) is 16.6. The van der Waals surface area contributed by atoms with Gasteiger partial charge < -0.3 is 4.48 Å². The van der Waals surface area contributed by atoms with Crippen LogP contribution in [0.4, 0.5) is 0 Å². The molecule has 1 aromatic carbocycles. The molecule has 0 radical (unpaired) electrons. The average molecular weight is 331 g/mol. The molecule has 0 amide bonds. The first-order chi connectivity index (χ1) is 11.7. The summed E-state index contributed by atoms with van der Waals surface area (Å²) in [5.74, 6) is 0. The molecule has 1 nitrogen and oxygen atoms in total. The van der Waals surface area contributed by atoms with E-state index in [9.17, 15) is 0 Å². The summed E-state index contributed by atoms with van der Waals surface area (Å²) < 4.78 is 1.29. The van der Waals surface area contributed by atoms with Crippen LogP contribution in [-0.2, 0) is 12.8 Å². The zero-order valence-corrected chi connectivity index (χ0v) is 16.4. The quantitative estimate of drug-likeness (QED) is 0.356. The minimum absolute atomic E-state index is 1.24. The van der Waals surface area contributed by atoms with Gasteiger partial charge in [0.2, 0.25) is 0 Å². The topological polar surface area (TPSA) is 0 Å². The van der Waals surface area contributed by atoms with Crippen LogP contribution in [0.1, 0.15) is 82.3 Å². The molecule has 0 spiro atoms. The highest BCUT2D eigenvalue weighted by molar-refractivity contribution is 5.22. The molecule has 0 aliphatic carbocycles. The van der Waals surface area contributed by atoms with Gasteiger partial charge in [0.1, 0.15) is 0 Å². The molecule has 0 atom stereocenters. The van der Waals surface area contributed by atoms with E-state index in [0.717, 1.165) is 0 Å². The van der Waals surface area contributed by atoms with Crippen molar-refractivity contribution >= 4 is 0 Å². The maximum Gasteiger partial charge on any atom is 0.0825 e. The lowest BCUT2D eigenvalue weighted by Crippen LogP contribution is -2.46. The number of rotatable bonds is 10. The van der Waals surface area contributed by atoms with Crippen LogP contribution in [0.2, 0.25) is 0 Å². The number of aryl methyl sites for hydroxylation is 1. The summed E-state index contributed by atoms with van der Waals surface area (Å²) in [4.78, 5) is 0. The highest BCUT2D eigenvalue weighted by atomic mass is 15.3. The molecule has 1 saturated heterocycles. The Morgan fingerprint density at radius 2 is 1.25 bits per heavy atom. The average Bonchev–Trinajstić information content (AvgIpc) is 2.82. The van der Waals surface area contributed by atoms with Gasteiger partial charge in [0, 0.05) is 6.42 Å². The minimum Gasteiger partial charge on any atom is -0.326 e. The number of likely N-dealkylation sites (N-methyl/N-ethyl adjacent to an activating group) is 1. The van der Waals surface area contributed by atoms with E-state index in [0.29, 0.717) is 0 Å². The van der Waals surface area contributed by atoms with Crippen molar-refractivity contribution in [2.75, 3.05) is 26.7 Å². The molecule has 2 rings (SSSR count). The first-order valence-electron chi connectivity index (χ1n) is 10.6. The smallest absolute Gasteiger partial charge is 0.0825 e. The minimum atomic E-state index is 1.24. The summed E-state index contributed by atoms with van der Waals surface area (Å²) in [6.45, 7) is 6.37. The molecule has 1 aliphatic rings. The Kier molecular flexibility index (Phi) is 8.88. The SMILES string of the molecule is CCCCCCCCc1ccc(CC[N+]2(C)CCCCCC2)cc1. The van der Waals surface area contributed by atoms with Gasteiger partial charge >= 0.3 is 0 Å². The first kappa shape index (κ1) is 19.5. The third-order valence-corrected chi connectivity index (χ3v) is 5.93. The third kappa shape index (κ3) is 7.38. The number of hydrogen-bond acceptors (Lipinski definition) is 0. The van der Waals surface area contributed by atoms with E-state index in [4.69, 9.17) is 0 Å². The second kappa shape index (κ2) is 10.9. The highest BCUT2D eigenvalue weighted by Gasteiger charge is 2.22. The maximum absolute atomic E-state index is 2.47. The summed E-state index contributed by atoms with van der Waals surface area (Å²) >= 11 is 0. The van der Waals surface area contributed by atoms with Crippen molar-refractivity contribution in [1.82, 2.24) is 0 Å². The predicted octanol–water partition coefficient (Wildman–Crippen LogP) is 6.15. The van der Waals surface area contributed by atoms with Crippen molar-refractivity contribution in [2.24, 2.45) is 0 Å². The van der Waals surface area contributed by atoms with Gasteiger partial charge in [0.05, 0.1) is 26.7 Å². The lowest BCUT2D eigenvalue weighted by Gasteiger charge is -2.33. The molecule has 136 valence electrons. The third-order valence-electron chi connectivity index (χ3n) is 5.93. The summed E-state index contributed by atoms with van der Waals surface area (Å²) in [6, 6.07) is 9.53. The van der Waals surface area contributed by atoms with Crippen LogP contribution in [0.15, 0.2) is 24.3 Å². The molecule has 1 heterocycles. The number of benzene rings is 1. The van der Waals surface area contributed by atoms with Gasteiger partial charge in [-0.2, -0.15) is 0 Å². The molecular weight excluding hydrogens is 290 g/mol. The largest absolute Gasteiger partial charge is 0.326 e. The Labute approximate surface area is 151 Å². The molecule has 0 N–H and O–H groups in total. The van der Waals surface area contributed by atoms with Gasteiger partial charge in [-0.05, 0) is 49.7 Å². The van der Waals surface area contributed by atoms with Gasteiger partial charge in [-0.25, -0.2) is 0 Å². The number of hydrogen-bond donors (Lipinski definition) is 0. The molecule has 24 heavy (non-hydrogen) atoms. The van der Waals surface area contributed by atoms with E-state index in [2.05, 4.69) is 38.2 Å². The zero-order valence-electron chi connectivity index (χ0n) is 16.4. The lowest BCUT2D eigenvalue weighted by molar-refractivity contribution is -0.908. The van der Waals surface area contributed by atoms with Crippen LogP contribution in [0.3, 0.4) is 0 Å². The molecule has 1 heteroatoms.